The second kappa shape index (κ2) is 8.85. The van der Waals surface area contributed by atoms with E-state index in [0.717, 1.165) is 18.9 Å². The molecule has 2 bridgehead atoms. The Balaban J connectivity index is 0.00000192. The molecule has 4 unspecified atom stereocenters. The lowest BCUT2D eigenvalue weighted by molar-refractivity contribution is 0.0992. The van der Waals surface area contributed by atoms with Crippen molar-refractivity contribution in [2.24, 2.45) is 10.9 Å². The number of hydrogen-bond donors (Lipinski definition) is 2. The number of nitrogens with one attached hydrogen (secondary N) is 2. The first-order chi connectivity index (χ1) is 10.7. The van der Waals surface area contributed by atoms with Gasteiger partial charge in [0.2, 0.25) is 0 Å². The summed E-state index contributed by atoms with van der Waals surface area (Å²) in [5.74, 6) is 1.60. The Morgan fingerprint density at radius 3 is 2.52 bits per heavy atom. The lowest BCUT2D eigenvalue weighted by atomic mass is 9.96. The molecule has 0 amide bonds. The number of aliphatic imine (C=N–C) groups is 1. The SMILES string of the molecule is CN=C(NCC(C(C)C)N1CCCC1)NC1CC2CCC1O2.I. The predicted octanol–water partition coefficient (Wildman–Crippen LogP) is 2.21. The van der Waals surface area contributed by atoms with Gasteiger partial charge in [0, 0.05) is 19.6 Å². The third-order valence-electron chi connectivity index (χ3n) is 5.51. The first-order valence-corrected chi connectivity index (χ1v) is 9.04. The fourth-order valence-corrected chi connectivity index (χ4v) is 4.22. The Labute approximate surface area is 158 Å². The van der Waals surface area contributed by atoms with E-state index < -0.39 is 0 Å². The summed E-state index contributed by atoms with van der Waals surface area (Å²) in [6.07, 6.45) is 7.13. The third-order valence-corrected chi connectivity index (χ3v) is 5.51. The van der Waals surface area contributed by atoms with E-state index in [1.165, 1.54) is 38.8 Å². The minimum absolute atomic E-state index is 0. The van der Waals surface area contributed by atoms with E-state index in [9.17, 15) is 0 Å². The standard InChI is InChI=1S/C17H32N4O.HI/c1-12(2)15(21-8-4-5-9-21)11-19-17(18-3)20-14-10-13-6-7-16(14)22-13;/h12-16H,4-11H2,1-3H3,(H2,18,19,20);1H. The summed E-state index contributed by atoms with van der Waals surface area (Å²) in [6, 6.07) is 1.03. The molecule has 3 heterocycles. The summed E-state index contributed by atoms with van der Waals surface area (Å²) in [6.45, 7) is 8.11. The number of halogens is 1. The summed E-state index contributed by atoms with van der Waals surface area (Å²) >= 11 is 0. The lowest BCUT2D eigenvalue weighted by Gasteiger charge is -2.32. The van der Waals surface area contributed by atoms with Gasteiger partial charge in [-0.05, 0) is 51.1 Å². The fourth-order valence-electron chi connectivity index (χ4n) is 4.22. The van der Waals surface area contributed by atoms with Gasteiger partial charge in [-0.3, -0.25) is 9.89 Å². The number of ether oxygens (including phenoxy) is 1. The van der Waals surface area contributed by atoms with Crippen LogP contribution in [0.25, 0.3) is 0 Å². The Hall–Kier alpha value is -0.0800. The summed E-state index contributed by atoms with van der Waals surface area (Å²) in [5.41, 5.74) is 0. The van der Waals surface area contributed by atoms with E-state index in [1.54, 1.807) is 0 Å². The molecule has 23 heavy (non-hydrogen) atoms. The van der Waals surface area contributed by atoms with Gasteiger partial charge >= 0.3 is 0 Å². The maximum absolute atomic E-state index is 5.92. The number of likely N-dealkylation sites (tertiary alicyclic amines) is 1. The molecule has 3 aliphatic heterocycles. The van der Waals surface area contributed by atoms with Crippen LogP contribution in [-0.4, -0.2) is 61.8 Å². The van der Waals surface area contributed by atoms with E-state index in [0.29, 0.717) is 30.2 Å². The maximum atomic E-state index is 5.92. The number of guanidine groups is 1. The lowest BCUT2D eigenvalue weighted by Crippen LogP contribution is -2.52. The molecular weight excluding hydrogens is 403 g/mol. The molecule has 0 saturated carbocycles. The quantitative estimate of drug-likeness (QED) is 0.394. The Morgan fingerprint density at radius 1 is 1.26 bits per heavy atom. The molecule has 3 fully saturated rings. The van der Waals surface area contributed by atoms with Crippen molar-refractivity contribution in [3.8, 4) is 0 Å². The monoisotopic (exact) mass is 436 g/mol. The van der Waals surface area contributed by atoms with Crippen molar-refractivity contribution in [2.45, 2.75) is 70.2 Å². The average molecular weight is 436 g/mol. The molecule has 0 aromatic heterocycles. The highest BCUT2D eigenvalue weighted by Gasteiger charge is 2.41. The van der Waals surface area contributed by atoms with E-state index in [1.807, 2.05) is 7.05 Å². The highest BCUT2D eigenvalue weighted by atomic mass is 127. The van der Waals surface area contributed by atoms with E-state index >= 15 is 0 Å². The van der Waals surface area contributed by atoms with Gasteiger partial charge in [0.05, 0.1) is 18.2 Å². The van der Waals surface area contributed by atoms with Crippen LogP contribution in [0.15, 0.2) is 4.99 Å². The zero-order chi connectivity index (χ0) is 15.5. The first kappa shape index (κ1) is 19.2. The molecule has 4 atom stereocenters. The smallest absolute Gasteiger partial charge is 0.191 e. The van der Waals surface area contributed by atoms with Crippen LogP contribution in [0.4, 0.5) is 0 Å². The predicted molar refractivity (Wildman–Crippen MR) is 106 cm³/mol. The van der Waals surface area contributed by atoms with Crippen molar-refractivity contribution in [2.75, 3.05) is 26.7 Å². The van der Waals surface area contributed by atoms with Crippen LogP contribution in [0.5, 0.6) is 0 Å². The van der Waals surface area contributed by atoms with Crippen molar-refractivity contribution >= 4 is 29.9 Å². The van der Waals surface area contributed by atoms with Crippen LogP contribution in [0, 0.1) is 5.92 Å². The molecule has 2 N–H and O–H groups in total. The Kier molecular flexibility index (Phi) is 7.41. The molecule has 134 valence electrons. The van der Waals surface area contributed by atoms with E-state index in [4.69, 9.17) is 4.74 Å². The van der Waals surface area contributed by atoms with Crippen molar-refractivity contribution < 1.29 is 4.74 Å². The second-order valence-corrected chi connectivity index (χ2v) is 7.37. The number of nitrogens with zero attached hydrogens (tertiary/aromatic N) is 2. The van der Waals surface area contributed by atoms with Crippen molar-refractivity contribution in [3.63, 3.8) is 0 Å². The van der Waals surface area contributed by atoms with Crippen LogP contribution >= 0.6 is 24.0 Å². The zero-order valence-corrected chi connectivity index (χ0v) is 17.1. The van der Waals surface area contributed by atoms with E-state index in [2.05, 4.69) is 34.4 Å². The van der Waals surface area contributed by atoms with Gasteiger partial charge < -0.3 is 15.4 Å². The molecular formula is C17H33IN4O. The highest BCUT2D eigenvalue weighted by Crippen LogP contribution is 2.34. The van der Waals surface area contributed by atoms with Crippen LogP contribution in [-0.2, 0) is 4.74 Å². The van der Waals surface area contributed by atoms with Crippen molar-refractivity contribution in [1.82, 2.24) is 15.5 Å². The molecule has 6 heteroatoms. The van der Waals surface area contributed by atoms with Gasteiger partial charge in [0.25, 0.3) is 0 Å². The fraction of sp³-hybridized carbons (Fsp3) is 0.941. The van der Waals surface area contributed by atoms with Gasteiger partial charge in [0.15, 0.2) is 5.96 Å². The van der Waals surface area contributed by atoms with Crippen LogP contribution in [0.3, 0.4) is 0 Å². The molecule has 3 saturated heterocycles. The first-order valence-electron chi connectivity index (χ1n) is 9.04. The Bertz CT molecular complexity index is 398. The van der Waals surface area contributed by atoms with Crippen LogP contribution in [0.1, 0.15) is 46.0 Å². The van der Waals surface area contributed by atoms with Gasteiger partial charge in [-0.2, -0.15) is 0 Å². The number of fused-ring (bicyclic) bond motifs is 2. The van der Waals surface area contributed by atoms with Crippen LogP contribution < -0.4 is 10.6 Å². The maximum Gasteiger partial charge on any atom is 0.191 e. The second-order valence-electron chi connectivity index (χ2n) is 7.37. The molecule has 0 aromatic carbocycles. The van der Waals surface area contributed by atoms with Gasteiger partial charge in [-0.15, -0.1) is 24.0 Å². The van der Waals surface area contributed by atoms with Gasteiger partial charge in [0.1, 0.15) is 0 Å². The largest absolute Gasteiger partial charge is 0.373 e. The van der Waals surface area contributed by atoms with Crippen LogP contribution in [0.2, 0.25) is 0 Å². The molecule has 0 aromatic rings. The molecule has 5 nitrogen and oxygen atoms in total. The Morgan fingerprint density at radius 2 is 2.00 bits per heavy atom. The molecule has 0 radical (unpaired) electrons. The summed E-state index contributed by atoms with van der Waals surface area (Å²) in [7, 11) is 1.86. The molecule has 3 rings (SSSR count). The number of hydrogen-bond acceptors (Lipinski definition) is 3. The minimum Gasteiger partial charge on any atom is -0.373 e. The minimum atomic E-state index is 0. The number of rotatable bonds is 5. The van der Waals surface area contributed by atoms with Gasteiger partial charge in [-0.1, -0.05) is 13.8 Å². The summed E-state index contributed by atoms with van der Waals surface area (Å²) in [4.78, 5) is 7.04. The average Bonchev–Trinajstić information content (AvgIpc) is 3.23. The third kappa shape index (κ3) is 4.72. The zero-order valence-electron chi connectivity index (χ0n) is 14.8. The normalized spacial score (nSPS) is 32.2. The highest BCUT2D eigenvalue weighted by molar-refractivity contribution is 14.0. The molecule has 0 aliphatic carbocycles. The molecule has 0 spiro atoms. The van der Waals surface area contributed by atoms with Gasteiger partial charge in [-0.25, -0.2) is 0 Å². The summed E-state index contributed by atoms with van der Waals surface area (Å²) < 4.78 is 5.92. The molecule has 3 aliphatic rings. The van der Waals surface area contributed by atoms with E-state index in [-0.39, 0.29) is 24.0 Å². The topological polar surface area (TPSA) is 48.9 Å². The van der Waals surface area contributed by atoms with Crippen molar-refractivity contribution in [1.29, 1.82) is 0 Å². The summed E-state index contributed by atoms with van der Waals surface area (Å²) in [5, 5.41) is 7.13. The van der Waals surface area contributed by atoms with Crippen molar-refractivity contribution in [3.05, 3.63) is 0 Å².